The summed E-state index contributed by atoms with van der Waals surface area (Å²) in [6.45, 7) is 0.627. The molecule has 1 aliphatic rings. The van der Waals surface area contributed by atoms with Crippen molar-refractivity contribution in [3.63, 3.8) is 0 Å². The van der Waals surface area contributed by atoms with E-state index in [0.29, 0.717) is 6.54 Å². The third kappa shape index (κ3) is 1.13. The number of rotatable bonds is 1. The van der Waals surface area contributed by atoms with Crippen molar-refractivity contribution in [1.29, 1.82) is 0 Å². The summed E-state index contributed by atoms with van der Waals surface area (Å²) in [4.78, 5) is 0. The van der Waals surface area contributed by atoms with Gasteiger partial charge in [0.15, 0.2) is 0 Å². The second-order valence-electron chi connectivity index (χ2n) is 3.38. The molecule has 2 rings (SSSR count). The molecule has 1 aromatic rings. The van der Waals surface area contributed by atoms with Crippen molar-refractivity contribution in [3.05, 3.63) is 34.9 Å². The summed E-state index contributed by atoms with van der Waals surface area (Å²) < 4.78 is 0. The average Bonchev–Trinajstić information content (AvgIpc) is 2.47. The quantitative estimate of drug-likeness (QED) is 0.649. The van der Waals surface area contributed by atoms with Crippen LogP contribution in [0.2, 0.25) is 0 Å². The zero-order chi connectivity index (χ0) is 8.55. The van der Waals surface area contributed by atoms with Gasteiger partial charge < -0.3 is 11.5 Å². The Kier molecular flexibility index (Phi) is 1.87. The molecule has 0 radical (unpaired) electrons. The van der Waals surface area contributed by atoms with Gasteiger partial charge in [0.25, 0.3) is 0 Å². The van der Waals surface area contributed by atoms with Crippen LogP contribution in [-0.4, -0.2) is 0 Å². The van der Waals surface area contributed by atoms with Crippen LogP contribution < -0.4 is 11.5 Å². The third-order valence-electron chi connectivity index (χ3n) is 2.57. The van der Waals surface area contributed by atoms with Crippen LogP contribution in [0.25, 0.3) is 0 Å². The molecular formula is C10H14N2. The Hall–Kier alpha value is -0.860. The molecule has 0 amide bonds. The minimum atomic E-state index is 0.256. The molecular weight excluding hydrogens is 148 g/mol. The Balaban J connectivity index is 2.41. The van der Waals surface area contributed by atoms with Crippen LogP contribution in [0.1, 0.15) is 29.2 Å². The highest BCUT2D eigenvalue weighted by atomic mass is 14.6. The van der Waals surface area contributed by atoms with Crippen LogP contribution >= 0.6 is 0 Å². The van der Waals surface area contributed by atoms with E-state index in [1.165, 1.54) is 16.7 Å². The number of benzene rings is 1. The van der Waals surface area contributed by atoms with Gasteiger partial charge in [-0.2, -0.15) is 0 Å². The lowest BCUT2D eigenvalue weighted by Crippen LogP contribution is -2.05. The Morgan fingerprint density at radius 2 is 2.25 bits per heavy atom. The SMILES string of the molecule is NCc1ccc2c(c1)CCC2N. The highest BCUT2D eigenvalue weighted by molar-refractivity contribution is 5.37. The van der Waals surface area contributed by atoms with Crippen molar-refractivity contribution >= 4 is 0 Å². The average molecular weight is 162 g/mol. The lowest BCUT2D eigenvalue weighted by molar-refractivity contribution is 0.713. The third-order valence-corrected chi connectivity index (χ3v) is 2.57. The molecule has 0 spiro atoms. The molecule has 1 atom stereocenters. The number of aryl methyl sites for hydroxylation is 1. The van der Waals surface area contributed by atoms with Crippen molar-refractivity contribution in [2.75, 3.05) is 0 Å². The van der Waals surface area contributed by atoms with Gasteiger partial charge in [0.2, 0.25) is 0 Å². The molecule has 0 fully saturated rings. The van der Waals surface area contributed by atoms with Gasteiger partial charge in [0, 0.05) is 12.6 Å². The minimum absolute atomic E-state index is 0.256. The van der Waals surface area contributed by atoms with Gasteiger partial charge in [0.1, 0.15) is 0 Å². The Bertz CT molecular complexity index is 294. The summed E-state index contributed by atoms with van der Waals surface area (Å²) in [6.07, 6.45) is 2.20. The van der Waals surface area contributed by atoms with Crippen molar-refractivity contribution in [2.24, 2.45) is 11.5 Å². The Morgan fingerprint density at radius 3 is 3.00 bits per heavy atom. The summed E-state index contributed by atoms with van der Waals surface area (Å²) >= 11 is 0. The first kappa shape index (κ1) is 7.77. The maximum atomic E-state index is 5.91. The molecule has 0 bridgehead atoms. The van der Waals surface area contributed by atoms with E-state index in [4.69, 9.17) is 11.5 Å². The molecule has 0 saturated carbocycles. The van der Waals surface area contributed by atoms with E-state index in [9.17, 15) is 0 Å². The highest BCUT2D eigenvalue weighted by Crippen LogP contribution is 2.29. The second kappa shape index (κ2) is 2.88. The fraction of sp³-hybridized carbons (Fsp3) is 0.400. The van der Waals surface area contributed by atoms with Crippen molar-refractivity contribution in [3.8, 4) is 0 Å². The zero-order valence-electron chi connectivity index (χ0n) is 7.09. The Morgan fingerprint density at radius 1 is 1.42 bits per heavy atom. The topological polar surface area (TPSA) is 52.0 Å². The normalized spacial score (nSPS) is 21.0. The van der Waals surface area contributed by atoms with Gasteiger partial charge in [0.05, 0.1) is 0 Å². The van der Waals surface area contributed by atoms with Crippen molar-refractivity contribution in [2.45, 2.75) is 25.4 Å². The monoisotopic (exact) mass is 162 g/mol. The largest absolute Gasteiger partial charge is 0.326 e. The summed E-state index contributed by atoms with van der Waals surface area (Å²) in [5.74, 6) is 0. The summed E-state index contributed by atoms with van der Waals surface area (Å²) in [6, 6.07) is 6.63. The highest BCUT2D eigenvalue weighted by Gasteiger charge is 2.18. The van der Waals surface area contributed by atoms with Crippen LogP contribution in [0.3, 0.4) is 0 Å². The molecule has 1 unspecified atom stereocenters. The van der Waals surface area contributed by atoms with E-state index < -0.39 is 0 Å². The molecule has 0 aromatic heterocycles. The van der Waals surface area contributed by atoms with Crippen LogP contribution in [0.4, 0.5) is 0 Å². The molecule has 0 aliphatic heterocycles. The molecule has 1 aromatic carbocycles. The first-order valence-electron chi connectivity index (χ1n) is 4.38. The molecule has 2 nitrogen and oxygen atoms in total. The summed E-state index contributed by atoms with van der Waals surface area (Å²) in [7, 11) is 0. The molecule has 64 valence electrons. The molecule has 0 saturated heterocycles. The number of nitrogens with two attached hydrogens (primary N) is 2. The van der Waals surface area contributed by atoms with Crippen LogP contribution in [0, 0.1) is 0 Å². The fourth-order valence-corrected chi connectivity index (χ4v) is 1.83. The van der Waals surface area contributed by atoms with Gasteiger partial charge in [-0.3, -0.25) is 0 Å². The van der Waals surface area contributed by atoms with Gasteiger partial charge >= 0.3 is 0 Å². The van der Waals surface area contributed by atoms with Gasteiger partial charge in [-0.05, 0) is 29.5 Å². The molecule has 1 aliphatic carbocycles. The standard InChI is InChI=1S/C10H14N2/c11-6-7-1-3-9-8(5-7)2-4-10(9)12/h1,3,5,10H,2,4,6,11-12H2. The second-order valence-corrected chi connectivity index (χ2v) is 3.38. The predicted octanol–water partition coefficient (Wildman–Crippen LogP) is 1.09. The zero-order valence-corrected chi connectivity index (χ0v) is 7.09. The molecule has 12 heavy (non-hydrogen) atoms. The maximum Gasteiger partial charge on any atom is 0.0300 e. The van der Waals surface area contributed by atoms with Crippen LogP contribution in [0.5, 0.6) is 0 Å². The molecule has 0 heterocycles. The van der Waals surface area contributed by atoms with E-state index in [1.54, 1.807) is 0 Å². The van der Waals surface area contributed by atoms with Crippen LogP contribution in [-0.2, 0) is 13.0 Å². The van der Waals surface area contributed by atoms with E-state index >= 15 is 0 Å². The van der Waals surface area contributed by atoms with E-state index in [2.05, 4.69) is 18.2 Å². The number of hydrogen-bond acceptors (Lipinski definition) is 2. The minimum Gasteiger partial charge on any atom is -0.326 e. The molecule has 2 heteroatoms. The first-order valence-corrected chi connectivity index (χ1v) is 4.38. The smallest absolute Gasteiger partial charge is 0.0300 e. The van der Waals surface area contributed by atoms with Gasteiger partial charge in [-0.15, -0.1) is 0 Å². The van der Waals surface area contributed by atoms with E-state index in [0.717, 1.165) is 12.8 Å². The number of fused-ring (bicyclic) bond motifs is 1. The maximum absolute atomic E-state index is 5.91. The van der Waals surface area contributed by atoms with Gasteiger partial charge in [-0.1, -0.05) is 18.2 Å². The summed E-state index contributed by atoms with van der Waals surface area (Å²) in [5.41, 5.74) is 15.4. The lowest BCUT2D eigenvalue weighted by atomic mass is 10.1. The van der Waals surface area contributed by atoms with Crippen LogP contribution in [0.15, 0.2) is 18.2 Å². The van der Waals surface area contributed by atoms with Gasteiger partial charge in [-0.25, -0.2) is 0 Å². The summed E-state index contributed by atoms with van der Waals surface area (Å²) in [5, 5.41) is 0. The fourth-order valence-electron chi connectivity index (χ4n) is 1.83. The Labute approximate surface area is 72.6 Å². The molecule has 4 N–H and O–H groups in total. The number of hydrogen-bond donors (Lipinski definition) is 2. The van der Waals surface area contributed by atoms with E-state index in [1.807, 2.05) is 0 Å². The van der Waals surface area contributed by atoms with E-state index in [-0.39, 0.29) is 6.04 Å². The lowest BCUT2D eigenvalue weighted by Gasteiger charge is -2.05. The van der Waals surface area contributed by atoms with Crippen molar-refractivity contribution < 1.29 is 0 Å². The predicted molar refractivity (Wildman–Crippen MR) is 49.6 cm³/mol. The van der Waals surface area contributed by atoms with Crippen molar-refractivity contribution in [1.82, 2.24) is 0 Å². The first-order chi connectivity index (χ1) is 5.81.